The van der Waals surface area contributed by atoms with E-state index in [1.165, 1.54) is 11.1 Å². The van der Waals surface area contributed by atoms with Crippen LogP contribution in [0.4, 0.5) is 5.82 Å². The molecule has 2 aliphatic heterocycles. The van der Waals surface area contributed by atoms with Crippen LogP contribution >= 0.6 is 0 Å². The number of carbonyl (C=O) groups excluding carboxylic acids is 1. The molecule has 1 amide bonds. The van der Waals surface area contributed by atoms with Gasteiger partial charge in [-0.05, 0) is 50.3 Å². The largest absolute Gasteiger partial charge is 0.352 e. The van der Waals surface area contributed by atoms with E-state index in [2.05, 4.69) is 47.1 Å². The minimum atomic E-state index is 0.0446. The highest BCUT2D eigenvalue weighted by molar-refractivity contribution is 5.94. The van der Waals surface area contributed by atoms with Gasteiger partial charge in [0.2, 0.25) is 0 Å². The van der Waals surface area contributed by atoms with Crippen LogP contribution in [0, 0.1) is 6.92 Å². The van der Waals surface area contributed by atoms with Gasteiger partial charge in [-0.2, -0.15) is 0 Å². The van der Waals surface area contributed by atoms with Crippen molar-refractivity contribution in [2.45, 2.75) is 45.1 Å². The van der Waals surface area contributed by atoms with Crippen molar-refractivity contribution in [3.05, 3.63) is 83.1 Å². The number of aromatic nitrogens is 3. The number of fused-ring (bicyclic) bond motifs is 1. The van der Waals surface area contributed by atoms with E-state index in [0.717, 1.165) is 62.7 Å². The topological polar surface area (TPSA) is 62.2 Å². The number of carbonyl (C=O) groups is 1. The third kappa shape index (κ3) is 4.22. The number of anilines is 1. The Labute approximate surface area is 189 Å². The summed E-state index contributed by atoms with van der Waals surface area (Å²) in [5.41, 5.74) is 4.29. The molecule has 2 aliphatic rings. The molecule has 32 heavy (non-hydrogen) atoms. The van der Waals surface area contributed by atoms with E-state index >= 15 is 0 Å². The van der Waals surface area contributed by atoms with Gasteiger partial charge < -0.3 is 9.80 Å². The third-order valence-electron chi connectivity index (χ3n) is 6.56. The maximum absolute atomic E-state index is 13.0. The minimum absolute atomic E-state index is 0.0446. The number of piperidine rings is 1. The quantitative estimate of drug-likeness (QED) is 0.626. The van der Waals surface area contributed by atoms with E-state index in [1.807, 2.05) is 17.0 Å². The van der Waals surface area contributed by atoms with Crippen LogP contribution < -0.4 is 4.90 Å². The lowest BCUT2D eigenvalue weighted by atomic mass is 9.95. The predicted octanol–water partition coefficient (Wildman–Crippen LogP) is 4.15. The first-order valence-corrected chi connectivity index (χ1v) is 11.5. The van der Waals surface area contributed by atoms with Crippen molar-refractivity contribution in [1.82, 2.24) is 19.9 Å². The predicted molar refractivity (Wildman–Crippen MR) is 125 cm³/mol. The zero-order valence-corrected chi connectivity index (χ0v) is 18.6. The average molecular weight is 428 g/mol. The van der Waals surface area contributed by atoms with Gasteiger partial charge in [0.25, 0.3) is 5.91 Å². The maximum Gasteiger partial charge on any atom is 0.255 e. The van der Waals surface area contributed by atoms with Gasteiger partial charge in [-0.3, -0.25) is 9.78 Å². The molecule has 6 nitrogen and oxygen atoms in total. The van der Waals surface area contributed by atoms with Gasteiger partial charge in [0.1, 0.15) is 11.6 Å². The summed E-state index contributed by atoms with van der Waals surface area (Å²) in [7, 11) is 0. The summed E-state index contributed by atoms with van der Waals surface area (Å²) < 4.78 is 0. The lowest BCUT2D eigenvalue weighted by Gasteiger charge is -2.34. The smallest absolute Gasteiger partial charge is 0.255 e. The van der Waals surface area contributed by atoms with E-state index in [-0.39, 0.29) is 11.8 Å². The lowest BCUT2D eigenvalue weighted by molar-refractivity contribution is 0.0704. The fourth-order valence-corrected chi connectivity index (χ4v) is 4.89. The first-order chi connectivity index (χ1) is 15.7. The Morgan fingerprint density at radius 3 is 2.75 bits per heavy atom. The highest BCUT2D eigenvalue weighted by Gasteiger charge is 2.30. The average Bonchev–Trinajstić information content (AvgIpc) is 2.85. The number of amides is 1. The summed E-state index contributed by atoms with van der Waals surface area (Å²) in [6.07, 6.45) is 7.47. The van der Waals surface area contributed by atoms with Crippen molar-refractivity contribution < 1.29 is 4.79 Å². The molecule has 0 saturated carbocycles. The molecule has 6 heteroatoms. The van der Waals surface area contributed by atoms with Crippen LogP contribution in [0.15, 0.2) is 54.9 Å². The number of benzene rings is 1. The van der Waals surface area contributed by atoms with Crippen LogP contribution in [0.5, 0.6) is 0 Å². The number of rotatable bonds is 4. The number of nitrogens with zero attached hydrogens (tertiary/aromatic N) is 5. The Balaban J connectivity index is 1.40. The summed E-state index contributed by atoms with van der Waals surface area (Å²) in [4.78, 5) is 31.4. The van der Waals surface area contributed by atoms with Crippen LogP contribution in [0.25, 0.3) is 0 Å². The second-order valence-electron chi connectivity index (χ2n) is 8.81. The Kier molecular flexibility index (Phi) is 5.84. The number of pyridine rings is 1. The normalized spacial score (nSPS) is 18.3. The Morgan fingerprint density at radius 1 is 1.06 bits per heavy atom. The molecular weight excluding hydrogens is 398 g/mol. The summed E-state index contributed by atoms with van der Waals surface area (Å²) in [6, 6.07) is 14.2. The van der Waals surface area contributed by atoms with Gasteiger partial charge in [0.15, 0.2) is 0 Å². The van der Waals surface area contributed by atoms with E-state index in [0.29, 0.717) is 12.1 Å². The van der Waals surface area contributed by atoms with Crippen molar-refractivity contribution in [2.24, 2.45) is 0 Å². The van der Waals surface area contributed by atoms with Gasteiger partial charge in [0, 0.05) is 55.7 Å². The molecule has 4 heterocycles. The van der Waals surface area contributed by atoms with Crippen molar-refractivity contribution in [2.75, 3.05) is 24.5 Å². The molecule has 1 aromatic carbocycles. The van der Waals surface area contributed by atoms with Crippen molar-refractivity contribution >= 4 is 11.7 Å². The van der Waals surface area contributed by atoms with E-state index < -0.39 is 0 Å². The molecule has 0 spiro atoms. The van der Waals surface area contributed by atoms with Gasteiger partial charge >= 0.3 is 0 Å². The van der Waals surface area contributed by atoms with Crippen molar-refractivity contribution in [3.8, 4) is 0 Å². The standard InChI is InChI=1S/C26H29N5O/c1-19-23-12-7-14-30(17-20-8-3-2-4-9-20)25(23)29-24(28-19)22-11-6-15-31(18-22)26(32)21-10-5-13-27-16-21/h2-5,8-10,13,16,22H,6-7,11-12,14-15,17-18H2,1H3/t22-/m1/s1. The molecule has 0 bridgehead atoms. The molecule has 1 atom stereocenters. The minimum Gasteiger partial charge on any atom is -0.352 e. The number of hydrogen-bond acceptors (Lipinski definition) is 5. The molecule has 0 aliphatic carbocycles. The molecule has 0 radical (unpaired) electrons. The monoisotopic (exact) mass is 427 g/mol. The summed E-state index contributed by atoms with van der Waals surface area (Å²) in [5.74, 6) is 2.17. The number of aryl methyl sites for hydroxylation is 1. The number of hydrogen-bond donors (Lipinski definition) is 0. The van der Waals surface area contributed by atoms with Crippen LogP contribution in [0.3, 0.4) is 0 Å². The van der Waals surface area contributed by atoms with E-state index in [4.69, 9.17) is 9.97 Å². The number of likely N-dealkylation sites (tertiary alicyclic amines) is 1. The molecular formula is C26H29N5O. The van der Waals surface area contributed by atoms with Crippen LogP contribution in [0.1, 0.15) is 58.2 Å². The van der Waals surface area contributed by atoms with Gasteiger partial charge in [-0.15, -0.1) is 0 Å². The fraction of sp³-hybridized carbons (Fsp3) is 0.385. The Hall–Kier alpha value is -3.28. The Morgan fingerprint density at radius 2 is 1.94 bits per heavy atom. The second-order valence-corrected chi connectivity index (χ2v) is 8.81. The highest BCUT2D eigenvalue weighted by atomic mass is 16.2. The molecule has 164 valence electrons. The van der Waals surface area contributed by atoms with Crippen molar-refractivity contribution in [3.63, 3.8) is 0 Å². The molecule has 0 N–H and O–H groups in total. The van der Waals surface area contributed by atoms with Crippen LogP contribution in [0.2, 0.25) is 0 Å². The van der Waals surface area contributed by atoms with E-state index in [9.17, 15) is 4.79 Å². The van der Waals surface area contributed by atoms with Gasteiger partial charge in [-0.25, -0.2) is 9.97 Å². The molecule has 3 aromatic rings. The second kappa shape index (κ2) is 9.07. The highest BCUT2D eigenvalue weighted by Crippen LogP contribution is 2.32. The molecule has 2 aromatic heterocycles. The lowest BCUT2D eigenvalue weighted by Crippen LogP contribution is -2.40. The Bertz CT molecular complexity index is 1090. The zero-order chi connectivity index (χ0) is 21.9. The maximum atomic E-state index is 13.0. The first kappa shape index (κ1) is 20.6. The summed E-state index contributed by atoms with van der Waals surface area (Å²) >= 11 is 0. The zero-order valence-electron chi connectivity index (χ0n) is 18.6. The summed E-state index contributed by atoms with van der Waals surface area (Å²) in [6.45, 7) is 5.41. The van der Waals surface area contributed by atoms with Crippen LogP contribution in [-0.2, 0) is 13.0 Å². The molecule has 1 fully saturated rings. The fourth-order valence-electron chi connectivity index (χ4n) is 4.89. The summed E-state index contributed by atoms with van der Waals surface area (Å²) in [5, 5.41) is 0. The van der Waals surface area contributed by atoms with E-state index in [1.54, 1.807) is 12.4 Å². The van der Waals surface area contributed by atoms with Crippen LogP contribution in [-0.4, -0.2) is 45.4 Å². The third-order valence-corrected chi connectivity index (χ3v) is 6.56. The van der Waals surface area contributed by atoms with Gasteiger partial charge in [-0.1, -0.05) is 30.3 Å². The first-order valence-electron chi connectivity index (χ1n) is 11.5. The molecule has 0 unspecified atom stereocenters. The molecule has 5 rings (SSSR count). The van der Waals surface area contributed by atoms with Gasteiger partial charge in [0.05, 0.1) is 5.56 Å². The SMILES string of the molecule is Cc1nc([C@@H]2CCCN(C(=O)c3cccnc3)C2)nc2c1CCCN2Cc1ccccc1. The molecule has 1 saturated heterocycles. The van der Waals surface area contributed by atoms with Crippen molar-refractivity contribution in [1.29, 1.82) is 0 Å².